The van der Waals surface area contributed by atoms with Gasteiger partial charge < -0.3 is 29.6 Å². The van der Waals surface area contributed by atoms with E-state index in [0.717, 1.165) is 11.1 Å². The average Bonchev–Trinajstić information content (AvgIpc) is 3.37. The molecule has 0 spiro atoms. The summed E-state index contributed by atoms with van der Waals surface area (Å²) in [6.07, 6.45) is 1.32. The number of aryl methyl sites for hydroxylation is 1. The predicted octanol–water partition coefficient (Wildman–Crippen LogP) is 3.71. The lowest BCUT2D eigenvalue weighted by Gasteiger charge is -2.24. The first kappa shape index (κ1) is 33.3. The number of hydrogen-bond donors (Lipinski definition) is 3. The molecule has 0 saturated carbocycles. The minimum atomic E-state index is -4.18. The van der Waals surface area contributed by atoms with Gasteiger partial charge in [-0.2, -0.15) is 9.65 Å². The SMILES string of the molecule is Cc1ccc(OP(=O)(NC(C)C(=O)OCc2ccccc2)OCC2CC(OC(C)(C)O)C([n+]3cccc(C(N)=O)c3)O2)cc1. The summed E-state index contributed by atoms with van der Waals surface area (Å²) in [4.78, 5) is 24.6. The molecule has 3 aromatic rings. The van der Waals surface area contributed by atoms with Gasteiger partial charge in [0.1, 0.15) is 24.0 Å². The average molecular weight is 629 g/mol. The second kappa shape index (κ2) is 14.4. The fraction of sp³-hybridized carbons (Fsp3) is 0.387. The van der Waals surface area contributed by atoms with Crippen LogP contribution in [-0.4, -0.2) is 47.6 Å². The Morgan fingerprint density at radius 1 is 1.14 bits per heavy atom. The van der Waals surface area contributed by atoms with Crippen LogP contribution in [0.3, 0.4) is 0 Å². The van der Waals surface area contributed by atoms with Crippen molar-refractivity contribution in [1.29, 1.82) is 0 Å². The molecule has 1 amide bonds. The first-order valence-corrected chi connectivity index (χ1v) is 15.7. The van der Waals surface area contributed by atoms with Crippen molar-refractivity contribution in [3.05, 3.63) is 95.8 Å². The first-order valence-electron chi connectivity index (χ1n) is 14.2. The van der Waals surface area contributed by atoms with Crippen molar-refractivity contribution < 1.29 is 47.1 Å². The monoisotopic (exact) mass is 628 g/mol. The third-order valence-electron chi connectivity index (χ3n) is 6.59. The van der Waals surface area contributed by atoms with Crippen LogP contribution in [0.15, 0.2) is 79.1 Å². The fourth-order valence-corrected chi connectivity index (χ4v) is 6.03. The molecule has 13 heteroatoms. The molecule has 4 rings (SSSR count). The lowest BCUT2D eigenvalue weighted by molar-refractivity contribution is -0.767. The van der Waals surface area contributed by atoms with Gasteiger partial charge in [0.05, 0.1) is 12.7 Å². The summed E-state index contributed by atoms with van der Waals surface area (Å²) in [5.74, 6) is -2.49. The molecule has 0 aliphatic carbocycles. The molecule has 5 unspecified atom stereocenters. The number of esters is 1. The number of rotatable bonds is 14. The van der Waals surface area contributed by atoms with E-state index in [2.05, 4.69) is 5.09 Å². The van der Waals surface area contributed by atoms with Crippen LogP contribution in [0.1, 0.15) is 54.9 Å². The molecule has 4 N–H and O–H groups in total. The van der Waals surface area contributed by atoms with Crippen LogP contribution < -0.4 is 19.9 Å². The number of nitrogens with two attached hydrogens (primary N) is 1. The van der Waals surface area contributed by atoms with Crippen LogP contribution >= 0.6 is 7.75 Å². The van der Waals surface area contributed by atoms with E-state index in [4.69, 9.17) is 29.0 Å². The summed E-state index contributed by atoms with van der Waals surface area (Å²) in [5, 5.41) is 13.1. The molecule has 5 atom stereocenters. The molecule has 1 aliphatic heterocycles. The van der Waals surface area contributed by atoms with Crippen molar-refractivity contribution in [3.63, 3.8) is 0 Å². The molecule has 1 fully saturated rings. The topological polar surface area (TPSA) is 160 Å². The number of carbonyl (C=O) groups is 2. The third-order valence-corrected chi connectivity index (χ3v) is 8.24. The Hall–Kier alpha value is -3.64. The van der Waals surface area contributed by atoms with Gasteiger partial charge >= 0.3 is 13.7 Å². The van der Waals surface area contributed by atoms with E-state index in [1.165, 1.54) is 27.0 Å². The molecule has 12 nitrogen and oxygen atoms in total. The van der Waals surface area contributed by atoms with Gasteiger partial charge in [0.2, 0.25) is 0 Å². The molecule has 236 valence electrons. The summed E-state index contributed by atoms with van der Waals surface area (Å²) < 4.78 is 44.7. The Morgan fingerprint density at radius 2 is 1.84 bits per heavy atom. The van der Waals surface area contributed by atoms with Gasteiger partial charge in [-0.3, -0.25) is 14.1 Å². The molecule has 0 radical (unpaired) electrons. The molecule has 1 saturated heterocycles. The largest absolute Gasteiger partial charge is 0.460 e. The Labute approximate surface area is 256 Å². The number of nitrogens with zero attached hydrogens (tertiary/aromatic N) is 1. The van der Waals surface area contributed by atoms with Crippen LogP contribution in [0, 0.1) is 6.92 Å². The van der Waals surface area contributed by atoms with E-state index in [-0.39, 0.29) is 30.9 Å². The second-order valence-electron chi connectivity index (χ2n) is 11.0. The lowest BCUT2D eigenvalue weighted by Crippen LogP contribution is -2.47. The molecule has 2 aromatic carbocycles. The van der Waals surface area contributed by atoms with Gasteiger partial charge in [0, 0.05) is 12.5 Å². The number of nitrogens with one attached hydrogen (secondary N) is 1. The highest BCUT2D eigenvalue weighted by atomic mass is 31.2. The van der Waals surface area contributed by atoms with Crippen molar-refractivity contribution >= 4 is 19.6 Å². The van der Waals surface area contributed by atoms with Gasteiger partial charge in [0.15, 0.2) is 24.3 Å². The molecule has 44 heavy (non-hydrogen) atoms. The van der Waals surface area contributed by atoms with Gasteiger partial charge in [0.25, 0.3) is 12.1 Å². The van der Waals surface area contributed by atoms with Crippen molar-refractivity contribution in [3.8, 4) is 5.75 Å². The number of amides is 1. The van der Waals surface area contributed by atoms with E-state index in [1.54, 1.807) is 47.2 Å². The number of ether oxygens (including phenoxy) is 3. The molecule has 2 heterocycles. The van der Waals surface area contributed by atoms with E-state index in [0.29, 0.717) is 0 Å². The summed E-state index contributed by atoms with van der Waals surface area (Å²) in [5.41, 5.74) is 7.48. The minimum Gasteiger partial charge on any atom is -0.460 e. The van der Waals surface area contributed by atoms with Crippen LogP contribution in [0.2, 0.25) is 0 Å². The predicted molar refractivity (Wildman–Crippen MR) is 159 cm³/mol. The van der Waals surface area contributed by atoms with Gasteiger partial charge in [-0.25, -0.2) is 4.57 Å². The van der Waals surface area contributed by atoms with Crippen molar-refractivity contribution in [2.24, 2.45) is 5.73 Å². The molecular weight excluding hydrogens is 589 g/mol. The lowest BCUT2D eigenvalue weighted by atomic mass is 10.2. The second-order valence-corrected chi connectivity index (χ2v) is 12.7. The smallest absolute Gasteiger partial charge is 0.459 e. The number of aliphatic hydroxyl groups is 1. The Balaban J connectivity index is 1.49. The maximum absolute atomic E-state index is 14.0. The summed E-state index contributed by atoms with van der Waals surface area (Å²) in [6, 6.07) is 18.2. The number of pyridine rings is 1. The maximum Gasteiger partial charge on any atom is 0.459 e. The van der Waals surface area contributed by atoms with E-state index in [9.17, 15) is 19.3 Å². The normalized spacial score (nSPS) is 20.4. The van der Waals surface area contributed by atoms with Crippen molar-refractivity contribution in [1.82, 2.24) is 5.09 Å². The zero-order valence-corrected chi connectivity index (χ0v) is 26.0. The van der Waals surface area contributed by atoms with Gasteiger partial charge in [-0.15, -0.1) is 0 Å². The van der Waals surface area contributed by atoms with Crippen molar-refractivity contribution in [2.75, 3.05) is 6.61 Å². The zero-order valence-electron chi connectivity index (χ0n) is 25.1. The highest BCUT2D eigenvalue weighted by molar-refractivity contribution is 7.52. The molecule has 1 aromatic heterocycles. The van der Waals surface area contributed by atoms with E-state index in [1.807, 2.05) is 37.3 Å². The Morgan fingerprint density at radius 3 is 2.50 bits per heavy atom. The third kappa shape index (κ3) is 9.68. The van der Waals surface area contributed by atoms with Crippen LogP contribution in [-0.2, 0) is 34.7 Å². The number of carbonyl (C=O) groups excluding carboxylic acids is 2. The van der Waals surface area contributed by atoms with Crippen LogP contribution in [0.25, 0.3) is 0 Å². The van der Waals surface area contributed by atoms with Gasteiger partial charge in [-0.1, -0.05) is 48.0 Å². The minimum absolute atomic E-state index is 0.0458. The van der Waals surface area contributed by atoms with Crippen molar-refractivity contribution in [2.45, 2.75) is 71.0 Å². The standard InChI is InChI=1S/C31H38N3O9P/c1-21-12-14-25(15-13-21)43-44(38,33-22(2)30(36)39-19-23-9-6-5-7-10-23)40-20-26-17-27(42-31(3,4)37)29(41-26)34-16-8-11-24(18-34)28(32)35/h5-16,18,22,26-27,29,37H,17,19-20H2,1-4H3,(H2-,32,33,35,38)/p+1. The highest BCUT2D eigenvalue weighted by Gasteiger charge is 2.46. The number of hydrogen-bond acceptors (Lipinski definition) is 9. The maximum atomic E-state index is 14.0. The zero-order chi connectivity index (χ0) is 31.9. The van der Waals surface area contributed by atoms with Gasteiger partial charge in [-0.05, 0) is 51.5 Å². The summed E-state index contributed by atoms with van der Waals surface area (Å²) in [7, 11) is -4.18. The number of primary amides is 1. The van der Waals surface area contributed by atoms with E-state index >= 15 is 0 Å². The fourth-order valence-electron chi connectivity index (χ4n) is 4.51. The molecule has 0 bridgehead atoms. The van der Waals surface area contributed by atoms with Crippen LogP contribution in [0.5, 0.6) is 5.75 Å². The van der Waals surface area contributed by atoms with E-state index < -0.39 is 49.9 Å². The molecular formula is C31H39N3O9P+. The molecule has 1 aliphatic rings. The Kier molecular flexibility index (Phi) is 10.9. The first-order chi connectivity index (χ1) is 20.8. The van der Waals surface area contributed by atoms with Crippen LogP contribution in [0.4, 0.5) is 0 Å². The summed E-state index contributed by atoms with van der Waals surface area (Å²) >= 11 is 0. The number of benzene rings is 2. The quantitative estimate of drug-likeness (QED) is 0.104. The summed E-state index contributed by atoms with van der Waals surface area (Å²) in [6.45, 7) is 6.21. The Bertz CT molecular complexity index is 1460. The highest BCUT2D eigenvalue weighted by Crippen LogP contribution is 2.46. The number of aromatic nitrogens is 1.